The molecule has 0 N–H and O–H groups in total. The molecule has 2 rings (SSSR count). The van der Waals surface area contributed by atoms with Gasteiger partial charge in [-0.3, -0.25) is 9.59 Å². The molecule has 1 aromatic rings. The van der Waals surface area contributed by atoms with E-state index in [2.05, 4.69) is 15.9 Å². The predicted octanol–water partition coefficient (Wildman–Crippen LogP) is 3.19. The summed E-state index contributed by atoms with van der Waals surface area (Å²) in [5.74, 6) is -1.99. The SMILES string of the molecule is CN(C(=O)Cn1cc(Br)ccc1=O)[C@H]1CCCC[C@H]1C(F)(F)F. The van der Waals surface area contributed by atoms with Crippen LogP contribution in [0.25, 0.3) is 0 Å². The number of amides is 1. The van der Waals surface area contributed by atoms with E-state index in [1.54, 1.807) is 6.07 Å². The number of hydrogen-bond acceptors (Lipinski definition) is 2. The fourth-order valence-electron chi connectivity index (χ4n) is 3.02. The second-order valence-corrected chi connectivity index (χ2v) is 6.73. The molecular weight excluding hydrogens is 377 g/mol. The molecular formula is C15H18BrF3N2O2. The molecule has 4 nitrogen and oxygen atoms in total. The first-order chi connectivity index (χ1) is 10.7. The molecule has 23 heavy (non-hydrogen) atoms. The monoisotopic (exact) mass is 394 g/mol. The van der Waals surface area contributed by atoms with Crippen molar-refractivity contribution in [1.82, 2.24) is 9.47 Å². The molecule has 0 saturated heterocycles. The van der Waals surface area contributed by atoms with Gasteiger partial charge in [-0.15, -0.1) is 0 Å². The van der Waals surface area contributed by atoms with Crippen LogP contribution < -0.4 is 5.56 Å². The van der Waals surface area contributed by atoms with Crippen molar-refractivity contribution in [3.8, 4) is 0 Å². The average molecular weight is 395 g/mol. The normalized spacial score (nSPS) is 22.0. The number of carbonyl (C=O) groups excluding carboxylic acids is 1. The molecule has 0 aliphatic heterocycles. The van der Waals surface area contributed by atoms with Gasteiger partial charge in [0.15, 0.2) is 0 Å². The lowest BCUT2D eigenvalue weighted by atomic mass is 9.83. The van der Waals surface area contributed by atoms with E-state index in [0.717, 1.165) is 4.90 Å². The maximum Gasteiger partial charge on any atom is 0.393 e. The molecule has 1 aliphatic carbocycles. The maximum absolute atomic E-state index is 13.2. The van der Waals surface area contributed by atoms with Crippen LogP contribution in [0.2, 0.25) is 0 Å². The Morgan fingerprint density at radius 1 is 1.35 bits per heavy atom. The number of alkyl halides is 3. The van der Waals surface area contributed by atoms with E-state index in [0.29, 0.717) is 23.7 Å². The zero-order valence-electron chi connectivity index (χ0n) is 12.6. The molecule has 0 spiro atoms. The Balaban J connectivity index is 2.14. The molecule has 1 saturated carbocycles. The highest BCUT2D eigenvalue weighted by Gasteiger charge is 2.47. The number of carbonyl (C=O) groups is 1. The van der Waals surface area contributed by atoms with Gasteiger partial charge in [-0.05, 0) is 34.8 Å². The highest BCUT2D eigenvalue weighted by molar-refractivity contribution is 9.10. The van der Waals surface area contributed by atoms with Crippen molar-refractivity contribution in [2.45, 2.75) is 44.4 Å². The van der Waals surface area contributed by atoms with Gasteiger partial charge in [-0.1, -0.05) is 12.8 Å². The smallest absolute Gasteiger partial charge is 0.341 e. The summed E-state index contributed by atoms with van der Waals surface area (Å²) in [4.78, 5) is 25.2. The lowest BCUT2D eigenvalue weighted by molar-refractivity contribution is -0.198. The Bertz CT molecular complexity index is 630. The first-order valence-corrected chi connectivity index (χ1v) is 8.18. The van der Waals surface area contributed by atoms with Crippen LogP contribution in [0.15, 0.2) is 27.6 Å². The van der Waals surface area contributed by atoms with E-state index in [1.165, 1.54) is 23.9 Å². The highest BCUT2D eigenvalue weighted by atomic mass is 79.9. The Hall–Kier alpha value is -1.31. The summed E-state index contributed by atoms with van der Waals surface area (Å²) in [7, 11) is 1.39. The standard InChI is InChI=1S/C15H18BrF3N2O2/c1-20(12-5-3-2-4-11(12)15(17,18)19)14(23)9-21-8-10(16)6-7-13(21)22/h6-8,11-12H,2-5,9H2,1H3/t11-,12+/m1/s1. The zero-order chi connectivity index (χ0) is 17.2. The molecule has 0 aromatic carbocycles. The van der Waals surface area contributed by atoms with Crippen molar-refractivity contribution >= 4 is 21.8 Å². The van der Waals surface area contributed by atoms with Gasteiger partial charge in [-0.25, -0.2) is 0 Å². The summed E-state index contributed by atoms with van der Waals surface area (Å²) in [5, 5.41) is 0. The molecule has 0 bridgehead atoms. The summed E-state index contributed by atoms with van der Waals surface area (Å²) >= 11 is 3.20. The third-order valence-corrected chi connectivity index (χ3v) is 4.76. The number of nitrogens with zero attached hydrogens (tertiary/aromatic N) is 2. The molecule has 8 heteroatoms. The molecule has 1 amide bonds. The predicted molar refractivity (Wildman–Crippen MR) is 83.0 cm³/mol. The molecule has 128 valence electrons. The average Bonchev–Trinajstić information content (AvgIpc) is 2.49. The van der Waals surface area contributed by atoms with Crippen molar-refractivity contribution in [2.75, 3.05) is 7.05 Å². The summed E-state index contributed by atoms with van der Waals surface area (Å²) in [5.41, 5.74) is -0.369. The number of aromatic nitrogens is 1. The molecule has 1 fully saturated rings. The number of likely N-dealkylation sites (N-methyl/N-ethyl adjacent to an activating group) is 1. The Kier molecular flexibility index (Phi) is 5.54. The quantitative estimate of drug-likeness (QED) is 0.789. The van der Waals surface area contributed by atoms with Gasteiger partial charge >= 0.3 is 6.18 Å². The molecule has 2 atom stereocenters. The molecule has 0 radical (unpaired) electrons. The van der Waals surface area contributed by atoms with Gasteiger partial charge in [-0.2, -0.15) is 13.2 Å². The Morgan fingerprint density at radius 3 is 2.65 bits per heavy atom. The fraction of sp³-hybridized carbons (Fsp3) is 0.600. The summed E-state index contributed by atoms with van der Waals surface area (Å²) in [6, 6.07) is 1.99. The first kappa shape index (κ1) is 18.0. The molecule has 0 unspecified atom stereocenters. The zero-order valence-corrected chi connectivity index (χ0v) is 14.2. The van der Waals surface area contributed by atoms with Gasteiger partial charge < -0.3 is 9.47 Å². The third kappa shape index (κ3) is 4.37. The second-order valence-electron chi connectivity index (χ2n) is 5.82. The van der Waals surface area contributed by atoms with E-state index in [9.17, 15) is 22.8 Å². The maximum atomic E-state index is 13.2. The van der Waals surface area contributed by atoms with Gasteiger partial charge in [0.25, 0.3) is 5.56 Å². The largest absolute Gasteiger partial charge is 0.393 e. The minimum atomic E-state index is -4.31. The van der Waals surface area contributed by atoms with Crippen molar-refractivity contribution in [2.24, 2.45) is 5.92 Å². The minimum absolute atomic E-state index is 0.0443. The van der Waals surface area contributed by atoms with Gasteiger partial charge in [0.05, 0.1) is 5.92 Å². The van der Waals surface area contributed by atoms with Crippen LogP contribution in [0.5, 0.6) is 0 Å². The van der Waals surface area contributed by atoms with Crippen molar-refractivity contribution in [3.05, 3.63) is 33.2 Å². The molecule has 1 aromatic heterocycles. The summed E-state index contributed by atoms with van der Waals surface area (Å²) in [6.07, 6.45) is -1.29. The van der Waals surface area contributed by atoms with Crippen molar-refractivity contribution in [1.29, 1.82) is 0 Å². The lowest BCUT2D eigenvalue weighted by Gasteiger charge is -2.38. The number of rotatable bonds is 3. The molecule has 1 aliphatic rings. The van der Waals surface area contributed by atoms with Crippen molar-refractivity contribution < 1.29 is 18.0 Å². The first-order valence-electron chi connectivity index (χ1n) is 7.38. The van der Waals surface area contributed by atoms with Crippen LogP contribution in [0.4, 0.5) is 13.2 Å². The highest BCUT2D eigenvalue weighted by Crippen LogP contribution is 2.39. The van der Waals surface area contributed by atoms with Crippen LogP contribution in [0.1, 0.15) is 25.7 Å². The Labute approximate surface area is 140 Å². The van der Waals surface area contributed by atoms with E-state index in [-0.39, 0.29) is 18.5 Å². The van der Waals surface area contributed by atoms with Crippen LogP contribution in [0, 0.1) is 5.92 Å². The van der Waals surface area contributed by atoms with Gasteiger partial charge in [0, 0.05) is 29.8 Å². The van der Waals surface area contributed by atoms with E-state index >= 15 is 0 Å². The van der Waals surface area contributed by atoms with Crippen LogP contribution in [-0.4, -0.2) is 34.6 Å². The van der Waals surface area contributed by atoms with Crippen molar-refractivity contribution in [3.63, 3.8) is 0 Å². The molecule has 1 heterocycles. The topological polar surface area (TPSA) is 42.3 Å². The fourth-order valence-corrected chi connectivity index (χ4v) is 3.40. The Morgan fingerprint density at radius 2 is 2.00 bits per heavy atom. The van der Waals surface area contributed by atoms with Gasteiger partial charge in [0.2, 0.25) is 5.91 Å². The van der Waals surface area contributed by atoms with E-state index in [1.807, 2.05) is 0 Å². The number of halogens is 4. The lowest BCUT2D eigenvalue weighted by Crippen LogP contribution is -2.49. The third-order valence-electron chi connectivity index (χ3n) is 4.29. The van der Waals surface area contributed by atoms with Crippen LogP contribution in [-0.2, 0) is 11.3 Å². The summed E-state index contributed by atoms with van der Waals surface area (Å²) < 4.78 is 41.3. The van der Waals surface area contributed by atoms with Gasteiger partial charge in [0.1, 0.15) is 6.54 Å². The van der Waals surface area contributed by atoms with E-state index < -0.39 is 24.0 Å². The number of pyridine rings is 1. The van der Waals surface area contributed by atoms with Crippen LogP contribution >= 0.6 is 15.9 Å². The van der Waals surface area contributed by atoms with E-state index in [4.69, 9.17) is 0 Å². The number of hydrogen-bond donors (Lipinski definition) is 0. The second kappa shape index (κ2) is 7.07. The summed E-state index contributed by atoms with van der Waals surface area (Å²) in [6.45, 7) is -0.268. The van der Waals surface area contributed by atoms with Crippen LogP contribution in [0.3, 0.4) is 0 Å². The minimum Gasteiger partial charge on any atom is -0.341 e.